The molecule has 1 aliphatic rings. The molecule has 0 aliphatic heterocycles. The summed E-state index contributed by atoms with van der Waals surface area (Å²) in [7, 11) is 0. The van der Waals surface area contributed by atoms with E-state index in [1.54, 1.807) is 6.07 Å². The first-order chi connectivity index (χ1) is 12.6. The Bertz CT molecular complexity index is 1140. The SMILES string of the molecule is N#Cc1nnc(-c2c[nH]c(=O)[nH]c2=O)cc1[C@H]1C[C@@H]1c1ccc(Cl)cc1. The summed E-state index contributed by atoms with van der Waals surface area (Å²) in [5.41, 5.74) is 1.52. The van der Waals surface area contributed by atoms with Gasteiger partial charge >= 0.3 is 5.69 Å². The lowest BCUT2D eigenvalue weighted by molar-refractivity contribution is 0.934. The van der Waals surface area contributed by atoms with Crippen molar-refractivity contribution in [2.75, 3.05) is 0 Å². The number of hydrogen-bond donors (Lipinski definition) is 2. The van der Waals surface area contributed by atoms with Crippen molar-refractivity contribution in [2.24, 2.45) is 0 Å². The van der Waals surface area contributed by atoms with Gasteiger partial charge in [0.15, 0.2) is 5.69 Å². The number of aromatic amines is 2. The number of hydrogen-bond acceptors (Lipinski definition) is 5. The van der Waals surface area contributed by atoms with Crippen molar-refractivity contribution in [3.8, 4) is 17.3 Å². The number of nitriles is 1. The fraction of sp³-hybridized carbons (Fsp3) is 0.167. The van der Waals surface area contributed by atoms with Gasteiger partial charge < -0.3 is 4.98 Å². The highest BCUT2D eigenvalue weighted by Crippen LogP contribution is 2.55. The lowest BCUT2D eigenvalue weighted by atomic mass is 10.0. The van der Waals surface area contributed by atoms with Crippen molar-refractivity contribution in [2.45, 2.75) is 18.3 Å². The van der Waals surface area contributed by atoms with Crippen LogP contribution in [0.4, 0.5) is 0 Å². The molecule has 0 amide bonds. The predicted octanol–water partition coefficient (Wildman–Crippen LogP) is 2.32. The molecule has 2 heterocycles. The lowest BCUT2D eigenvalue weighted by Gasteiger charge is -2.06. The molecular weight excluding hydrogens is 354 g/mol. The summed E-state index contributed by atoms with van der Waals surface area (Å²) in [4.78, 5) is 27.7. The quantitative estimate of drug-likeness (QED) is 0.739. The number of benzene rings is 1. The number of H-pyrrole nitrogens is 2. The van der Waals surface area contributed by atoms with Gasteiger partial charge in [0, 0.05) is 11.2 Å². The maximum Gasteiger partial charge on any atom is 0.325 e. The van der Waals surface area contributed by atoms with Crippen LogP contribution in [0.5, 0.6) is 0 Å². The lowest BCUT2D eigenvalue weighted by Crippen LogP contribution is -2.23. The van der Waals surface area contributed by atoms with Crippen LogP contribution in [0.2, 0.25) is 5.02 Å². The molecule has 8 heteroatoms. The normalized spacial score (nSPS) is 18.3. The molecule has 0 radical (unpaired) electrons. The van der Waals surface area contributed by atoms with Gasteiger partial charge in [-0.2, -0.15) is 5.26 Å². The molecule has 1 saturated carbocycles. The van der Waals surface area contributed by atoms with Gasteiger partial charge in [-0.15, -0.1) is 10.2 Å². The monoisotopic (exact) mass is 365 g/mol. The average Bonchev–Trinajstić information content (AvgIpc) is 3.42. The molecule has 1 aromatic carbocycles. The first kappa shape index (κ1) is 16.2. The van der Waals surface area contributed by atoms with E-state index < -0.39 is 11.2 Å². The van der Waals surface area contributed by atoms with Gasteiger partial charge in [0.2, 0.25) is 0 Å². The van der Waals surface area contributed by atoms with E-state index in [4.69, 9.17) is 11.6 Å². The summed E-state index contributed by atoms with van der Waals surface area (Å²) >= 11 is 5.93. The van der Waals surface area contributed by atoms with Crippen LogP contribution >= 0.6 is 11.6 Å². The summed E-state index contributed by atoms with van der Waals surface area (Å²) < 4.78 is 0. The van der Waals surface area contributed by atoms with E-state index in [0.717, 1.165) is 17.5 Å². The zero-order valence-corrected chi connectivity index (χ0v) is 14.1. The Morgan fingerprint density at radius 3 is 2.62 bits per heavy atom. The van der Waals surface area contributed by atoms with Crippen molar-refractivity contribution < 1.29 is 0 Å². The third-order valence-electron chi connectivity index (χ3n) is 4.51. The number of halogens is 1. The fourth-order valence-electron chi connectivity index (χ4n) is 3.12. The number of nitrogens with one attached hydrogen (secondary N) is 2. The maximum atomic E-state index is 12.0. The Morgan fingerprint density at radius 2 is 1.92 bits per heavy atom. The maximum absolute atomic E-state index is 12.0. The minimum atomic E-state index is -0.592. The molecule has 26 heavy (non-hydrogen) atoms. The van der Waals surface area contributed by atoms with Crippen molar-refractivity contribution in [1.29, 1.82) is 5.26 Å². The van der Waals surface area contributed by atoms with Gasteiger partial charge in [-0.25, -0.2) is 4.79 Å². The Labute approximate surface area is 152 Å². The van der Waals surface area contributed by atoms with Gasteiger partial charge in [-0.05, 0) is 47.6 Å². The van der Waals surface area contributed by atoms with Crippen molar-refractivity contribution in [3.05, 3.63) is 79.2 Å². The standard InChI is InChI=1S/C18H12ClN5O2/c19-10-3-1-9(2-4-10)11-5-12(11)13-6-15(23-24-16(13)7-20)14-8-21-18(26)22-17(14)25/h1-4,6,8,11-12H,5H2,(H2,21,22,25,26)/t11-,12+/m1/s1. The summed E-state index contributed by atoms with van der Waals surface area (Å²) in [6.45, 7) is 0. The Balaban J connectivity index is 1.72. The summed E-state index contributed by atoms with van der Waals surface area (Å²) in [6.07, 6.45) is 2.17. The van der Waals surface area contributed by atoms with Crippen molar-refractivity contribution in [1.82, 2.24) is 20.2 Å². The molecule has 0 unspecified atom stereocenters. The third-order valence-corrected chi connectivity index (χ3v) is 4.76. The van der Waals surface area contributed by atoms with Gasteiger partial charge in [0.25, 0.3) is 5.56 Å². The van der Waals surface area contributed by atoms with E-state index in [2.05, 4.69) is 26.2 Å². The van der Waals surface area contributed by atoms with Crippen LogP contribution in [0.15, 0.2) is 46.1 Å². The van der Waals surface area contributed by atoms with Crippen LogP contribution in [0.3, 0.4) is 0 Å². The fourth-order valence-corrected chi connectivity index (χ4v) is 3.25. The number of aromatic nitrogens is 4. The minimum Gasteiger partial charge on any atom is -0.313 e. The highest BCUT2D eigenvalue weighted by molar-refractivity contribution is 6.30. The molecule has 2 N–H and O–H groups in total. The smallest absolute Gasteiger partial charge is 0.313 e. The molecule has 1 fully saturated rings. The van der Waals surface area contributed by atoms with Crippen LogP contribution in [-0.2, 0) is 0 Å². The molecule has 0 saturated heterocycles. The highest BCUT2D eigenvalue weighted by atomic mass is 35.5. The van der Waals surface area contributed by atoms with E-state index in [0.29, 0.717) is 10.7 Å². The molecule has 128 valence electrons. The zero-order valence-electron chi connectivity index (χ0n) is 13.4. The second-order valence-electron chi connectivity index (χ2n) is 6.13. The summed E-state index contributed by atoms with van der Waals surface area (Å²) in [6, 6.07) is 11.4. The van der Waals surface area contributed by atoms with E-state index in [1.165, 1.54) is 6.20 Å². The molecule has 0 spiro atoms. The average molecular weight is 366 g/mol. The zero-order chi connectivity index (χ0) is 18.3. The Hall–Kier alpha value is -3.24. The van der Waals surface area contributed by atoms with E-state index in [9.17, 15) is 14.9 Å². The van der Waals surface area contributed by atoms with Crippen LogP contribution in [0.1, 0.15) is 35.1 Å². The second-order valence-corrected chi connectivity index (χ2v) is 6.57. The van der Waals surface area contributed by atoms with Crippen LogP contribution in [-0.4, -0.2) is 20.2 Å². The molecule has 7 nitrogen and oxygen atoms in total. The molecular formula is C18H12ClN5O2. The molecule has 2 aromatic heterocycles. The Kier molecular flexibility index (Phi) is 3.90. The van der Waals surface area contributed by atoms with E-state index in [-0.39, 0.29) is 23.1 Å². The van der Waals surface area contributed by atoms with Crippen LogP contribution < -0.4 is 11.2 Å². The summed E-state index contributed by atoms with van der Waals surface area (Å²) in [5.74, 6) is 0.396. The van der Waals surface area contributed by atoms with Gasteiger partial charge in [0.1, 0.15) is 11.8 Å². The van der Waals surface area contributed by atoms with E-state index >= 15 is 0 Å². The topological polar surface area (TPSA) is 115 Å². The third kappa shape index (κ3) is 2.91. The van der Waals surface area contributed by atoms with Crippen molar-refractivity contribution >= 4 is 11.6 Å². The molecule has 1 aliphatic carbocycles. The van der Waals surface area contributed by atoms with Gasteiger partial charge in [0.05, 0.1) is 5.56 Å². The van der Waals surface area contributed by atoms with Crippen LogP contribution in [0, 0.1) is 11.3 Å². The number of rotatable bonds is 3. The highest BCUT2D eigenvalue weighted by Gasteiger charge is 2.41. The van der Waals surface area contributed by atoms with Crippen molar-refractivity contribution in [3.63, 3.8) is 0 Å². The molecule has 3 aromatic rings. The first-order valence-electron chi connectivity index (χ1n) is 7.92. The van der Waals surface area contributed by atoms with E-state index in [1.807, 2.05) is 24.3 Å². The molecule has 4 rings (SSSR count). The Morgan fingerprint density at radius 1 is 1.15 bits per heavy atom. The minimum absolute atomic E-state index is 0.127. The first-order valence-corrected chi connectivity index (χ1v) is 8.30. The van der Waals surface area contributed by atoms with Gasteiger partial charge in [-0.1, -0.05) is 23.7 Å². The van der Waals surface area contributed by atoms with Gasteiger partial charge in [-0.3, -0.25) is 9.78 Å². The predicted molar refractivity (Wildman–Crippen MR) is 95.0 cm³/mol. The van der Waals surface area contributed by atoms with Crippen LogP contribution in [0.25, 0.3) is 11.3 Å². The summed E-state index contributed by atoms with van der Waals surface area (Å²) in [5, 5.41) is 18.0. The number of nitrogens with zero attached hydrogens (tertiary/aromatic N) is 3. The second kappa shape index (κ2) is 6.24. The molecule has 0 bridgehead atoms. The largest absolute Gasteiger partial charge is 0.325 e. The molecule has 2 atom stereocenters.